The first-order valence-corrected chi connectivity index (χ1v) is 9.55. The van der Waals surface area contributed by atoms with Gasteiger partial charge in [-0.05, 0) is 42.1 Å². The monoisotopic (exact) mass is 302 g/mol. The van der Waals surface area contributed by atoms with Gasteiger partial charge >= 0.3 is 0 Å². The summed E-state index contributed by atoms with van der Waals surface area (Å²) in [7, 11) is 0. The Bertz CT molecular complexity index is 364. The van der Waals surface area contributed by atoms with Gasteiger partial charge in [0.1, 0.15) is 0 Å². The molecule has 0 aliphatic carbocycles. The van der Waals surface area contributed by atoms with E-state index in [1.54, 1.807) is 5.56 Å². The number of rotatable bonds is 11. The maximum Gasteiger partial charge on any atom is -0.00421 e. The van der Waals surface area contributed by atoms with Crippen LogP contribution in [-0.4, -0.2) is 0 Å². The van der Waals surface area contributed by atoms with Crippen LogP contribution in [0.1, 0.15) is 91.5 Å². The van der Waals surface area contributed by atoms with E-state index in [1.165, 1.54) is 51.4 Å². The molecule has 1 aromatic rings. The van der Waals surface area contributed by atoms with Crippen molar-refractivity contribution in [2.75, 3.05) is 0 Å². The molecule has 0 nitrogen and oxygen atoms in total. The number of hydrogen-bond acceptors (Lipinski definition) is 0. The van der Waals surface area contributed by atoms with Crippen LogP contribution in [0, 0.1) is 11.8 Å². The highest BCUT2D eigenvalue weighted by atomic mass is 14.4. The van der Waals surface area contributed by atoms with Gasteiger partial charge in [-0.2, -0.15) is 0 Å². The lowest BCUT2D eigenvalue weighted by atomic mass is 9.66. The molecule has 0 atom stereocenters. The molecule has 0 fully saturated rings. The summed E-state index contributed by atoms with van der Waals surface area (Å²) in [6.45, 7) is 11.8. The minimum Gasteiger partial charge on any atom is -0.0654 e. The van der Waals surface area contributed by atoms with Crippen molar-refractivity contribution < 1.29 is 0 Å². The maximum absolute atomic E-state index is 2.38. The first kappa shape index (κ1) is 19.3. The Hall–Kier alpha value is -0.780. The zero-order chi connectivity index (χ0) is 16.4. The third kappa shape index (κ3) is 6.55. The summed E-state index contributed by atoms with van der Waals surface area (Å²) in [5.41, 5.74) is 1.96. The molecule has 0 unspecified atom stereocenters. The van der Waals surface area contributed by atoms with Gasteiger partial charge in [0.25, 0.3) is 0 Å². The summed E-state index contributed by atoms with van der Waals surface area (Å²) >= 11 is 0. The summed E-state index contributed by atoms with van der Waals surface area (Å²) in [5.74, 6) is 1.52. The second-order valence-electron chi connectivity index (χ2n) is 8.01. The van der Waals surface area contributed by atoms with Crippen molar-refractivity contribution in [3.05, 3.63) is 35.9 Å². The average Bonchev–Trinajstić information content (AvgIpc) is 2.46. The molecule has 22 heavy (non-hydrogen) atoms. The Balaban J connectivity index is 2.89. The van der Waals surface area contributed by atoms with Crippen LogP contribution in [0.25, 0.3) is 0 Å². The molecule has 0 N–H and O–H groups in total. The molecule has 1 aromatic carbocycles. The van der Waals surface area contributed by atoms with Crippen molar-refractivity contribution >= 4 is 0 Å². The van der Waals surface area contributed by atoms with Crippen molar-refractivity contribution in [2.45, 2.75) is 91.4 Å². The van der Waals surface area contributed by atoms with Crippen LogP contribution in [0.4, 0.5) is 0 Å². The minimum atomic E-state index is 0.385. The number of unbranched alkanes of at least 4 members (excludes halogenated alkanes) is 4. The lowest BCUT2D eigenvalue weighted by molar-refractivity contribution is 0.254. The topological polar surface area (TPSA) is 0 Å². The van der Waals surface area contributed by atoms with E-state index in [2.05, 4.69) is 65.0 Å². The fourth-order valence-electron chi connectivity index (χ4n) is 4.09. The van der Waals surface area contributed by atoms with Crippen LogP contribution >= 0.6 is 0 Å². The second-order valence-corrected chi connectivity index (χ2v) is 8.01. The Morgan fingerprint density at radius 1 is 0.773 bits per heavy atom. The molecular formula is C22H38. The largest absolute Gasteiger partial charge is 0.0654 e. The molecule has 1 rings (SSSR count). The first-order valence-electron chi connectivity index (χ1n) is 9.55. The third-order valence-electron chi connectivity index (χ3n) is 4.74. The van der Waals surface area contributed by atoms with Gasteiger partial charge < -0.3 is 0 Å². The average molecular weight is 303 g/mol. The van der Waals surface area contributed by atoms with E-state index in [9.17, 15) is 0 Å². The van der Waals surface area contributed by atoms with Gasteiger partial charge in [0.2, 0.25) is 0 Å². The predicted molar refractivity (Wildman–Crippen MR) is 100 cm³/mol. The number of benzene rings is 1. The molecule has 0 aliphatic rings. The summed E-state index contributed by atoms with van der Waals surface area (Å²) in [5, 5.41) is 0. The lowest BCUT2D eigenvalue weighted by Crippen LogP contribution is -2.30. The van der Waals surface area contributed by atoms with Gasteiger partial charge in [-0.3, -0.25) is 0 Å². The molecule has 0 aliphatic heterocycles. The van der Waals surface area contributed by atoms with E-state index >= 15 is 0 Å². The van der Waals surface area contributed by atoms with Crippen LogP contribution in [0.5, 0.6) is 0 Å². The van der Waals surface area contributed by atoms with E-state index in [0.29, 0.717) is 5.41 Å². The third-order valence-corrected chi connectivity index (χ3v) is 4.74. The van der Waals surface area contributed by atoms with E-state index in [-0.39, 0.29) is 0 Å². The first-order chi connectivity index (χ1) is 10.5. The molecule has 126 valence electrons. The Kier molecular flexibility index (Phi) is 8.83. The fraction of sp³-hybridized carbons (Fsp3) is 0.727. The van der Waals surface area contributed by atoms with Crippen LogP contribution < -0.4 is 0 Å². The van der Waals surface area contributed by atoms with Crippen molar-refractivity contribution in [2.24, 2.45) is 11.8 Å². The maximum atomic E-state index is 2.38. The quantitative estimate of drug-likeness (QED) is 0.374. The van der Waals surface area contributed by atoms with Gasteiger partial charge in [0.15, 0.2) is 0 Å². The van der Waals surface area contributed by atoms with Gasteiger partial charge in [0.05, 0.1) is 0 Å². The highest BCUT2D eigenvalue weighted by molar-refractivity contribution is 5.25. The molecule has 0 saturated heterocycles. The molecule has 0 spiro atoms. The summed E-state index contributed by atoms with van der Waals surface area (Å²) in [6, 6.07) is 11.3. The Morgan fingerprint density at radius 2 is 1.32 bits per heavy atom. The minimum absolute atomic E-state index is 0.385. The Morgan fingerprint density at radius 3 is 1.82 bits per heavy atom. The molecule has 0 amide bonds. The lowest BCUT2D eigenvalue weighted by Gasteiger charge is -2.38. The highest BCUT2D eigenvalue weighted by Gasteiger charge is 2.33. The SMILES string of the molecule is CCCCCCCC(CC(C)C)(CC(C)C)c1ccccc1. The van der Waals surface area contributed by atoms with E-state index in [4.69, 9.17) is 0 Å². The molecule has 0 aromatic heterocycles. The van der Waals surface area contributed by atoms with Crippen LogP contribution in [0.2, 0.25) is 0 Å². The van der Waals surface area contributed by atoms with E-state index in [0.717, 1.165) is 11.8 Å². The summed E-state index contributed by atoms with van der Waals surface area (Å²) in [6.07, 6.45) is 10.9. The predicted octanol–water partition coefficient (Wildman–Crippen LogP) is 7.38. The van der Waals surface area contributed by atoms with E-state index in [1.807, 2.05) is 0 Å². The molecule has 0 bridgehead atoms. The molecule has 0 heterocycles. The van der Waals surface area contributed by atoms with Crippen LogP contribution in [-0.2, 0) is 5.41 Å². The molecule has 0 radical (unpaired) electrons. The van der Waals surface area contributed by atoms with Crippen LogP contribution in [0.3, 0.4) is 0 Å². The van der Waals surface area contributed by atoms with Gasteiger partial charge in [-0.15, -0.1) is 0 Å². The van der Waals surface area contributed by atoms with Crippen molar-refractivity contribution in [1.82, 2.24) is 0 Å². The van der Waals surface area contributed by atoms with Crippen molar-refractivity contribution in [1.29, 1.82) is 0 Å². The van der Waals surface area contributed by atoms with Gasteiger partial charge in [-0.25, -0.2) is 0 Å². The number of hydrogen-bond donors (Lipinski definition) is 0. The van der Waals surface area contributed by atoms with Crippen molar-refractivity contribution in [3.63, 3.8) is 0 Å². The Labute approximate surface area is 139 Å². The molecular weight excluding hydrogens is 264 g/mol. The standard InChI is InChI=1S/C22H38/c1-6-7-8-9-13-16-22(17-19(2)3,18-20(4)5)21-14-11-10-12-15-21/h10-12,14-15,19-20H,6-9,13,16-18H2,1-5H3. The van der Waals surface area contributed by atoms with Crippen molar-refractivity contribution in [3.8, 4) is 0 Å². The summed E-state index contributed by atoms with van der Waals surface area (Å²) < 4.78 is 0. The zero-order valence-electron chi connectivity index (χ0n) is 15.7. The smallest absolute Gasteiger partial charge is 0.00421 e. The van der Waals surface area contributed by atoms with Gasteiger partial charge in [-0.1, -0.05) is 97.1 Å². The van der Waals surface area contributed by atoms with E-state index < -0.39 is 0 Å². The molecule has 0 heteroatoms. The molecule has 0 saturated carbocycles. The zero-order valence-corrected chi connectivity index (χ0v) is 15.7. The fourth-order valence-corrected chi connectivity index (χ4v) is 4.09. The van der Waals surface area contributed by atoms with Gasteiger partial charge in [0, 0.05) is 0 Å². The van der Waals surface area contributed by atoms with Crippen LogP contribution in [0.15, 0.2) is 30.3 Å². The normalized spacial score (nSPS) is 12.3. The second kappa shape index (κ2) is 10.1. The highest BCUT2D eigenvalue weighted by Crippen LogP contribution is 2.41. The summed E-state index contributed by atoms with van der Waals surface area (Å²) in [4.78, 5) is 0.